The first-order valence-electron chi connectivity index (χ1n) is 11.8. The van der Waals surface area contributed by atoms with E-state index < -0.39 is 8.32 Å². The largest absolute Gasteiger partial charge is 0.467 e. The zero-order chi connectivity index (χ0) is 22.6. The van der Waals surface area contributed by atoms with Gasteiger partial charge in [0.1, 0.15) is 11.9 Å². The van der Waals surface area contributed by atoms with E-state index in [0.717, 1.165) is 44.5 Å². The molecule has 1 aliphatic heterocycles. The average molecular weight is 435 g/mol. The highest BCUT2D eigenvalue weighted by Gasteiger charge is 2.41. The minimum atomic E-state index is -1.95. The molecule has 2 atom stereocenters. The molecule has 0 aromatic heterocycles. The van der Waals surface area contributed by atoms with Crippen molar-refractivity contribution in [3.8, 4) is 0 Å². The van der Waals surface area contributed by atoms with Crippen LogP contribution < -0.4 is 0 Å². The molecule has 0 aromatic rings. The summed E-state index contributed by atoms with van der Waals surface area (Å²) in [5.74, 6) is 1.00. The van der Waals surface area contributed by atoms with Crippen molar-refractivity contribution in [1.29, 1.82) is 0 Å². The third-order valence-corrected chi connectivity index (χ3v) is 11.6. The van der Waals surface area contributed by atoms with Gasteiger partial charge in [-0.3, -0.25) is 0 Å². The Morgan fingerprint density at radius 2 is 1.87 bits per heavy atom. The van der Waals surface area contributed by atoms with Crippen LogP contribution >= 0.6 is 0 Å². The summed E-state index contributed by atoms with van der Waals surface area (Å²) in [4.78, 5) is 0. The number of rotatable bonds is 9. The summed E-state index contributed by atoms with van der Waals surface area (Å²) in [7, 11) is -1.95. The quantitative estimate of drug-likeness (QED) is 0.272. The molecule has 0 spiro atoms. The Balaban J connectivity index is 2.23. The highest BCUT2D eigenvalue weighted by Crippen LogP contribution is 2.42. The molecule has 172 valence electrons. The lowest BCUT2D eigenvalue weighted by Crippen LogP contribution is -2.45. The van der Waals surface area contributed by atoms with Gasteiger partial charge in [-0.25, -0.2) is 0 Å². The van der Waals surface area contributed by atoms with Crippen molar-refractivity contribution in [2.75, 3.05) is 6.61 Å². The van der Waals surface area contributed by atoms with Crippen molar-refractivity contribution in [1.82, 2.24) is 0 Å². The number of ether oxygens (including phenoxy) is 2. The average Bonchev–Trinajstić information content (AvgIpc) is 3.19. The topological polar surface area (TPSA) is 27.7 Å². The fourth-order valence-corrected chi connectivity index (χ4v) is 5.13. The van der Waals surface area contributed by atoms with Gasteiger partial charge in [-0.15, -0.1) is 0 Å². The van der Waals surface area contributed by atoms with Crippen LogP contribution in [0.2, 0.25) is 18.1 Å². The predicted molar refractivity (Wildman–Crippen MR) is 130 cm³/mol. The molecular formula is C26H46O3Si. The summed E-state index contributed by atoms with van der Waals surface area (Å²) < 4.78 is 19.4. The summed E-state index contributed by atoms with van der Waals surface area (Å²) >= 11 is 0. The van der Waals surface area contributed by atoms with Gasteiger partial charge in [0.05, 0.1) is 6.61 Å². The normalized spacial score (nSPS) is 21.4. The Labute approximate surface area is 187 Å². The first-order valence-corrected chi connectivity index (χ1v) is 14.7. The van der Waals surface area contributed by atoms with Crippen LogP contribution in [0.5, 0.6) is 0 Å². The lowest BCUT2D eigenvalue weighted by atomic mass is 9.78. The minimum absolute atomic E-state index is 0.0179. The predicted octanol–water partition coefficient (Wildman–Crippen LogP) is 7.91. The molecule has 0 N–H and O–H groups in total. The summed E-state index contributed by atoms with van der Waals surface area (Å²) in [5.41, 5.74) is 2.88. The Morgan fingerprint density at radius 1 is 1.17 bits per heavy atom. The van der Waals surface area contributed by atoms with E-state index in [9.17, 15) is 0 Å². The number of allylic oxidation sites excluding steroid dienone is 5. The molecule has 0 saturated carbocycles. The zero-order valence-electron chi connectivity index (χ0n) is 21.1. The molecule has 2 unspecified atom stereocenters. The zero-order valence-corrected chi connectivity index (χ0v) is 22.1. The van der Waals surface area contributed by atoms with E-state index in [1.165, 1.54) is 17.6 Å². The van der Waals surface area contributed by atoms with Crippen LogP contribution in [0.15, 0.2) is 35.1 Å². The fraction of sp³-hybridized carbons (Fsp3) is 0.769. The molecule has 2 rings (SSSR count). The van der Waals surface area contributed by atoms with Crippen LogP contribution in [0.25, 0.3) is 0 Å². The van der Waals surface area contributed by atoms with Gasteiger partial charge in [-0.2, -0.15) is 0 Å². The van der Waals surface area contributed by atoms with Gasteiger partial charge in [-0.1, -0.05) is 58.4 Å². The maximum absolute atomic E-state index is 6.99. The van der Waals surface area contributed by atoms with E-state index >= 15 is 0 Å². The molecule has 0 radical (unpaired) electrons. The van der Waals surface area contributed by atoms with Gasteiger partial charge in [0.15, 0.2) is 14.6 Å². The Kier molecular flexibility index (Phi) is 8.63. The van der Waals surface area contributed by atoms with E-state index in [-0.39, 0.29) is 22.8 Å². The molecule has 0 amide bonds. The van der Waals surface area contributed by atoms with E-state index in [0.29, 0.717) is 0 Å². The molecular weight excluding hydrogens is 388 g/mol. The van der Waals surface area contributed by atoms with Crippen LogP contribution in [0.4, 0.5) is 0 Å². The summed E-state index contributed by atoms with van der Waals surface area (Å²) in [6.45, 7) is 21.4. The molecule has 2 aliphatic rings. The highest BCUT2D eigenvalue weighted by molar-refractivity contribution is 6.74. The summed E-state index contributed by atoms with van der Waals surface area (Å²) in [5, 5.41) is 0.159. The van der Waals surface area contributed by atoms with Crippen molar-refractivity contribution < 1.29 is 13.9 Å². The number of hydrogen-bond donors (Lipinski definition) is 0. The van der Waals surface area contributed by atoms with Crippen molar-refractivity contribution in [3.05, 3.63) is 35.1 Å². The smallest absolute Gasteiger partial charge is 0.199 e. The second-order valence-corrected chi connectivity index (χ2v) is 16.1. The third-order valence-electron chi connectivity index (χ3n) is 7.10. The molecule has 1 aliphatic carbocycles. The van der Waals surface area contributed by atoms with Crippen molar-refractivity contribution >= 4 is 8.32 Å². The Morgan fingerprint density at radius 3 is 2.37 bits per heavy atom. The molecule has 1 heterocycles. The van der Waals surface area contributed by atoms with Gasteiger partial charge in [0, 0.05) is 6.42 Å². The Hall–Kier alpha value is -0.843. The van der Waals surface area contributed by atoms with Crippen molar-refractivity contribution in [2.24, 2.45) is 5.41 Å². The monoisotopic (exact) mass is 434 g/mol. The van der Waals surface area contributed by atoms with Crippen LogP contribution in [-0.4, -0.2) is 27.3 Å². The molecule has 0 aromatic carbocycles. The third kappa shape index (κ3) is 6.83. The SMILES string of the molecule is CC(C)=C(OC1CCCCO1)C(CCC(C)(C)C1=CC=CC1)O[Si](C)(C)C(C)(C)C. The first kappa shape index (κ1) is 25.4. The van der Waals surface area contributed by atoms with Crippen molar-refractivity contribution in [3.63, 3.8) is 0 Å². The molecule has 1 saturated heterocycles. The van der Waals surface area contributed by atoms with Gasteiger partial charge in [0.25, 0.3) is 0 Å². The van der Waals surface area contributed by atoms with Crippen LogP contribution in [0.3, 0.4) is 0 Å². The summed E-state index contributed by atoms with van der Waals surface area (Å²) in [6.07, 6.45) is 13.0. The maximum atomic E-state index is 6.99. The first-order chi connectivity index (χ1) is 13.8. The van der Waals surface area contributed by atoms with Crippen LogP contribution in [-0.2, 0) is 13.9 Å². The molecule has 4 heteroatoms. The van der Waals surface area contributed by atoms with Crippen molar-refractivity contribution in [2.45, 2.75) is 118 Å². The lowest BCUT2D eigenvalue weighted by Gasteiger charge is -2.41. The second kappa shape index (κ2) is 10.2. The lowest BCUT2D eigenvalue weighted by molar-refractivity contribution is -0.148. The highest BCUT2D eigenvalue weighted by atomic mass is 28.4. The summed E-state index contributed by atoms with van der Waals surface area (Å²) in [6, 6.07) is 0. The van der Waals surface area contributed by atoms with Gasteiger partial charge in [0.2, 0.25) is 0 Å². The Bertz CT molecular complexity index is 654. The van der Waals surface area contributed by atoms with Crippen LogP contribution in [0.1, 0.15) is 87.0 Å². The fourth-order valence-electron chi connectivity index (χ4n) is 3.84. The minimum Gasteiger partial charge on any atom is -0.467 e. The van der Waals surface area contributed by atoms with E-state index in [4.69, 9.17) is 13.9 Å². The van der Waals surface area contributed by atoms with Gasteiger partial charge in [-0.05, 0) is 75.1 Å². The van der Waals surface area contributed by atoms with E-state index in [2.05, 4.69) is 79.8 Å². The van der Waals surface area contributed by atoms with E-state index in [1.807, 2.05) is 0 Å². The second-order valence-electron chi connectivity index (χ2n) is 11.4. The molecule has 1 fully saturated rings. The maximum Gasteiger partial charge on any atom is 0.199 e. The van der Waals surface area contributed by atoms with Crippen LogP contribution in [0, 0.1) is 5.41 Å². The van der Waals surface area contributed by atoms with Gasteiger partial charge < -0.3 is 13.9 Å². The van der Waals surface area contributed by atoms with E-state index in [1.54, 1.807) is 0 Å². The van der Waals surface area contributed by atoms with Gasteiger partial charge >= 0.3 is 0 Å². The number of hydrogen-bond acceptors (Lipinski definition) is 3. The molecule has 3 nitrogen and oxygen atoms in total. The molecule has 30 heavy (non-hydrogen) atoms. The standard InChI is InChI=1S/C26H46O3Si/c1-20(2)24(28-23-16-12-13-19-27-23)22(29-30(8,9)25(3,4)5)17-18-26(6,7)21-14-10-11-15-21/h10-11,14,22-23H,12-13,15-19H2,1-9H3. The molecule has 0 bridgehead atoms.